The summed E-state index contributed by atoms with van der Waals surface area (Å²) in [5.74, 6) is 1.33. The number of aromatic nitrogens is 2. The van der Waals surface area contributed by atoms with Gasteiger partial charge in [0.2, 0.25) is 5.13 Å². The quantitative estimate of drug-likeness (QED) is 0.170. The molecule has 2 aromatic carbocycles. The second-order valence-electron chi connectivity index (χ2n) is 8.31. The molecule has 194 valence electrons. The number of aryl methyl sites for hydroxylation is 3. The van der Waals surface area contributed by atoms with Gasteiger partial charge in [0.05, 0.1) is 6.61 Å². The zero-order valence-corrected chi connectivity index (χ0v) is 22.5. The molecule has 9 heteroatoms. The van der Waals surface area contributed by atoms with E-state index in [-0.39, 0.29) is 5.57 Å². The average Bonchev–Trinajstić information content (AvgIpc) is 3.34. The van der Waals surface area contributed by atoms with Gasteiger partial charge in [-0.15, -0.1) is 10.2 Å². The summed E-state index contributed by atoms with van der Waals surface area (Å²) >= 11 is 1.32. The first-order chi connectivity index (χ1) is 17.9. The van der Waals surface area contributed by atoms with Crippen LogP contribution in [0.1, 0.15) is 48.4 Å². The molecule has 0 saturated heterocycles. The predicted octanol–water partition coefficient (Wildman–Crippen LogP) is 5.90. The molecule has 8 nitrogen and oxygen atoms in total. The Morgan fingerprint density at radius 3 is 2.57 bits per heavy atom. The molecule has 0 aliphatic heterocycles. The Morgan fingerprint density at radius 2 is 1.84 bits per heavy atom. The minimum atomic E-state index is -0.539. The molecular weight excluding hydrogens is 488 g/mol. The number of amides is 1. The van der Waals surface area contributed by atoms with Crippen LogP contribution in [0.2, 0.25) is 0 Å². The van der Waals surface area contributed by atoms with Crippen molar-refractivity contribution in [1.82, 2.24) is 10.2 Å². The Balaban J connectivity index is 1.63. The lowest BCUT2D eigenvalue weighted by Gasteiger charge is -2.13. The van der Waals surface area contributed by atoms with Gasteiger partial charge in [0.15, 0.2) is 11.5 Å². The number of anilines is 1. The molecule has 1 amide bonds. The van der Waals surface area contributed by atoms with Crippen LogP contribution in [0.25, 0.3) is 6.08 Å². The number of carbonyl (C=O) groups is 1. The van der Waals surface area contributed by atoms with Gasteiger partial charge in [-0.05, 0) is 74.2 Å². The number of carbonyl (C=O) groups excluding carboxylic acids is 1. The SMILES string of the molecule is CCCCc1nnc(NC(=O)C(C#N)=Cc2ccc(OCCOc3ccc(C)c(C)c3)c(OCC)c2)s1. The summed E-state index contributed by atoms with van der Waals surface area (Å²) in [7, 11) is 0. The first-order valence-corrected chi connectivity index (χ1v) is 13.1. The standard InChI is InChI=1S/C28H32N4O4S/c1-5-7-8-26-31-32-28(37-26)30-27(33)22(18-29)16-21-10-12-24(25(17-21)34-6-2)36-14-13-35-23-11-9-19(3)20(4)15-23/h9-12,15-17H,5-8,13-14H2,1-4H3,(H,30,32,33). The fourth-order valence-corrected chi connectivity index (χ4v) is 4.11. The smallest absolute Gasteiger partial charge is 0.268 e. The van der Waals surface area contributed by atoms with Gasteiger partial charge in [0, 0.05) is 6.42 Å². The molecule has 1 heterocycles. The van der Waals surface area contributed by atoms with E-state index in [9.17, 15) is 10.1 Å². The highest BCUT2D eigenvalue weighted by Crippen LogP contribution is 2.30. The van der Waals surface area contributed by atoms with Gasteiger partial charge in [-0.3, -0.25) is 10.1 Å². The molecule has 0 radical (unpaired) electrons. The highest BCUT2D eigenvalue weighted by Gasteiger charge is 2.14. The second-order valence-corrected chi connectivity index (χ2v) is 9.37. The maximum Gasteiger partial charge on any atom is 0.268 e. The van der Waals surface area contributed by atoms with Crippen LogP contribution in [0, 0.1) is 25.2 Å². The van der Waals surface area contributed by atoms with Crippen LogP contribution < -0.4 is 19.5 Å². The average molecular weight is 521 g/mol. The number of nitriles is 1. The topological polar surface area (TPSA) is 106 Å². The van der Waals surface area contributed by atoms with E-state index < -0.39 is 5.91 Å². The zero-order chi connectivity index (χ0) is 26.6. The lowest BCUT2D eigenvalue weighted by atomic mass is 10.1. The lowest BCUT2D eigenvalue weighted by molar-refractivity contribution is -0.112. The highest BCUT2D eigenvalue weighted by molar-refractivity contribution is 7.15. The van der Waals surface area contributed by atoms with Crippen molar-refractivity contribution in [2.75, 3.05) is 25.1 Å². The van der Waals surface area contributed by atoms with Gasteiger partial charge in [0.1, 0.15) is 35.6 Å². The summed E-state index contributed by atoms with van der Waals surface area (Å²) in [6, 6.07) is 13.2. The lowest BCUT2D eigenvalue weighted by Crippen LogP contribution is -2.13. The van der Waals surface area contributed by atoms with E-state index in [4.69, 9.17) is 14.2 Å². The van der Waals surface area contributed by atoms with Crippen LogP contribution in [0.4, 0.5) is 5.13 Å². The Kier molecular flexibility index (Phi) is 10.5. The Morgan fingerprint density at radius 1 is 1.03 bits per heavy atom. The maximum atomic E-state index is 12.6. The summed E-state index contributed by atoms with van der Waals surface area (Å²) in [4.78, 5) is 12.6. The van der Waals surface area contributed by atoms with Gasteiger partial charge < -0.3 is 14.2 Å². The minimum absolute atomic E-state index is 0.0526. The summed E-state index contributed by atoms with van der Waals surface area (Å²) < 4.78 is 17.4. The van der Waals surface area contributed by atoms with Crippen LogP contribution in [0.5, 0.6) is 17.2 Å². The molecule has 3 rings (SSSR count). The third-order valence-corrected chi connectivity index (χ3v) is 6.36. The monoisotopic (exact) mass is 520 g/mol. The third-order valence-electron chi connectivity index (χ3n) is 5.46. The van der Waals surface area contributed by atoms with E-state index in [1.807, 2.05) is 38.1 Å². The molecule has 3 aromatic rings. The van der Waals surface area contributed by atoms with Gasteiger partial charge in [0.25, 0.3) is 5.91 Å². The van der Waals surface area contributed by atoms with Crippen molar-refractivity contribution < 1.29 is 19.0 Å². The molecule has 0 bridgehead atoms. The van der Waals surface area contributed by atoms with Gasteiger partial charge >= 0.3 is 0 Å². The van der Waals surface area contributed by atoms with Crippen molar-refractivity contribution in [3.8, 4) is 23.3 Å². The normalized spacial score (nSPS) is 11.1. The fourth-order valence-electron chi connectivity index (χ4n) is 3.33. The first kappa shape index (κ1) is 27.7. The Labute approximate surface area is 221 Å². The van der Waals surface area contributed by atoms with Crippen molar-refractivity contribution in [2.24, 2.45) is 0 Å². The molecule has 37 heavy (non-hydrogen) atoms. The first-order valence-electron chi connectivity index (χ1n) is 12.3. The number of benzene rings is 2. The molecule has 0 fully saturated rings. The number of ether oxygens (including phenoxy) is 3. The molecule has 0 spiro atoms. The van der Waals surface area contributed by atoms with Crippen LogP contribution in [0.15, 0.2) is 42.0 Å². The zero-order valence-electron chi connectivity index (χ0n) is 21.7. The van der Waals surface area contributed by atoms with E-state index in [1.54, 1.807) is 18.2 Å². The molecule has 0 saturated carbocycles. The Hall–Kier alpha value is -3.90. The molecule has 0 unspecified atom stereocenters. The number of hydrogen-bond donors (Lipinski definition) is 1. The molecule has 1 N–H and O–H groups in total. The molecular formula is C28H32N4O4S. The number of nitrogens with one attached hydrogen (secondary N) is 1. The molecule has 0 aliphatic rings. The van der Waals surface area contributed by atoms with Crippen molar-refractivity contribution in [3.05, 3.63) is 63.7 Å². The van der Waals surface area contributed by atoms with Crippen LogP contribution in [0.3, 0.4) is 0 Å². The van der Waals surface area contributed by atoms with E-state index >= 15 is 0 Å². The van der Waals surface area contributed by atoms with Crippen LogP contribution in [-0.2, 0) is 11.2 Å². The number of rotatable bonds is 13. The molecule has 1 aromatic heterocycles. The van der Waals surface area contributed by atoms with Gasteiger partial charge in [-0.25, -0.2) is 0 Å². The summed E-state index contributed by atoms with van der Waals surface area (Å²) in [6.07, 6.45) is 4.38. The van der Waals surface area contributed by atoms with E-state index in [2.05, 4.69) is 29.4 Å². The molecule has 0 atom stereocenters. The van der Waals surface area contributed by atoms with Gasteiger partial charge in [-0.1, -0.05) is 36.8 Å². The Bertz CT molecular complexity index is 1280. The third kappa shape index (κ3) is 8.33. The maximum absolute atomic E-state index is 12.6. The largest absolute Gasteiger partial charge is 0.490 e. The summed E-state index contributed by atoms with van der Waals surface area (Å²) in [5, 5.41) is 21.5. The second kappa shape index (κ2) is 14.0. The molecule has 0 aliphatic carbocycles. The van der Waals surface area contributed by atoms with E-state index in [0.717, 1.165) is 30.0 Å². The van der Waals surface area contributed by atoms with Crippen molar-refractivity contribution in [2.45, 2.75) is 47.0 Å². The fraction of sp³-hybridized carbons (Fsp3) is 0.357. The highest BCUT2D eigenvalue weighted by atomic mass is 32.1. The minimum Gasteiger partial charge on any atom is -0.490 e. The van der Waals surface area contributed by atoms with Crippen LogP contribution >= 0.6 is 11.3 Å². The van der Waals surface area contributed by atoms with Crippen molar-refractivity contribution in [3.63, 3.8) is 0 Å². The summed E-state index contributed by atoms with van der Waals surface area (Å²) in [6.45, 7) is 9.23. The predicted molar refractivity (Wildman–Crippen MR) is 145 cm³/mol. The van der Waals surface area contributed by atoms with E-state index in [1.165, 1.54) is 28.5 Å². The summed E-state index contributed by atoms with van der Waals surface area (Å²) in [5.41, 5.74) is 2.97. The van der Waals surface area contributed by atoms with Crippen molar-refractivity contribution in [1.29, 1.82) is 5.26 Å². The van der Waals surface area contributed by atoms with E-state index in [0.29, 0.717) is 42.0 Å². The van der Waals surface area contributed by atoms with Crippen molar-refractivity contribution >= 4 is 28.5 Å². The van der Waals surface area contributed by atoms with Gasteiger partial charge in [-0.2, -0.15) is 5.26 Å². The number of hydrogen-bond acceptors (Lipinski definition) is 8. The number of nitrogens with zero attached hydrogens (tertiary/aromatic N) is 3. The number of unbranched alkanes of at least 4 members (excludes halogenated alkanes) is 1. The van der Waals surface area contributed by atoms with Crippen LogP contribution in [-0.4, -0.2) is 35.9 Å².